The van der Waals surface area contributed by atoms with Crippen molar-refractivity contribution in [2.45, 2.75) is 40.2 Å². The van der Waals surface area contributed by atoms with Gasteiger partial charge in [0.05, 0.1) is 19.6 Å². The van der Waals surface area contributed by atoms with Gasteiger partial charge in [-0.05, 0) is 5.92 Å². The van der Waals surface area contributed by atoms with E-state index in [1.807, 2.05) is 13.8 Å². The second-order valence-corrected chi connectivity index (χ2v) is 5.67. The average Bonchev–Trinajstić information content (AvgIpc) is 2.35. The fraction of sp³-hybridized carbons (Fsp3) is 0.846. The van der Waals surface area contributed by atoms with E-state index in [1.165, 1.54) is 0 Å². The Bertz CT molecular complexity index is 301. The first-order valence-electron chi connectivity index (χ1n) is 6.43. The summed E-state index contributed by atoms with van der Waals surface area (Å²) < 4.78 is 4.94. The molecule has 0 aromatic rings. The predicted molar refractivity (Wildman–Crippen MR) is 70.3 cm³/mol. The van der Waals surface area contributed by atoms with E-state index < -0.39 is 17.4 Å². The minimum atomic E-state index is -1.32. The van der Waals surface area contributed by atoms with Gasteiger partial charge in [-0.15, -0.1) is 0 Å². The number of nitrogens with one attached hydrogen (secondary N) is 1. The molecule has 0 aromatic heterocycles. The normalized spacial score (nSPS) is 13.2. The standard InChI is InChI=1S/C13H25NO5/c1-9(2)7-19-10(16)5-6-14-12(18)11(17)13(3,4)8-15/h9,11,15,17H,5-8H2,1-4H3,(H,14,18). The van der Waals surface area contributed by atoms with Gasteiger partial charge in [0.15, 0.2) is 0 Å². The van der Waals surface area contributed by atoms with Crippen LogP contribution >= 0.6 is 0 Å². The van der Waals surface area contributed by atoms with Crippen molar-refractivity contribution in [3.8, 4) is 0 Å². The van der Waals surface area contributed by atoms with Crippen molar-refractivity contribution in [3.63, 3.8) is 0 Å². The molecule has 6 heteroatoms. The average molecular weight is 275 g/mol. The number of carbonyl (C=O) groups excluding carboxylic acids is 2. The van der Waals surface area contributed by atoms with E-state index in [4.69, 9.17) is 9.84 Å². The Morgan fingerprint density at radius 2 is 1.89 bits per heavy atom. The lowest BCUT2D eigenvalue weighted by atomic mass is 9.87. The Morgan fingerprint density at radius 3 is 2.37 bits per heavy atom. The first kappa shape index (κ1) is 17.9. The zero-order valence-electron chi connectivity index (χ0n) is 12.1. The molecule has 0 aliphatic heterocycles. The molecule has 0 spiro atoms. The quantitative estimate of drug-likeness (QED) is 0.545. The molecule has 112 valence electrons. The fourth-order valence-electron chi connectivity index (χ4n) is 1.16. The summed E-state index contributed by atoms with van der Waals surface area (Å²) in [6.45, 7) is 7.17. The van der Waals surface area contributed by atoms with Crippen LogP contribution in [0.5, 0.6) is 0 Å². The van der Waals surface area contributed by atoms with Crippen LogP contribution in [0.2, 0.25) is 0 Å². The summed E-state index contributed by atoms with van der Waals surface area (Å²) in [5.41, 5.74) is -0.914. The molecule has 3 N–H and O–H groups in total. The summed E-state index contributed by atoms with van der Waals surface area (Å²) in [5, 5.41) is 21.2. The van der Waals surface area contributed by atoms with E-state index in [-0.39, 0.29) is 31.5 Å². The molecule has 19 heavy (non-hydrogen) atoms. The molecule has 0 saturated heterocycles. The summed E-state index contributed by atoms with van der Waals surface area (Å²) in [4.78, 5) is 22.8. The number of aliphatic hydroxyl groups excluding tert-OH is 2. The highest BCUT2D eigenvalue weighted by molar-refractivity contribution is 5.81. The molecular formula is C13H25NO5. The smallest absolute Gasteiger partial charge is 0.307 e. The van der Waals surface area contributed by atoms with Crippen molar-refractivity contribution in [2.75, 3.05) is 19.8 Å². The largest absolute Gasteiger partial charge is 0.465 e. The van der Waals surface area contributed by atoms with E-state index in [2.05, 4.69) is 5.32 Å². The van der Waals surface area contributed by atoms with E-state index in [9.17, 15) is 14.7 Å². The van der Waals surface area contributed by atoms with Gasteiger partial charge in [-0.3, -0.25) is 9.59 Å². The molecule has 0 fully saturated rings. The highest BCUT2D eigenvalue weighted by Gasteiger charge is 2.32. The number of rotatable bonds is 8. The molecule has 0 saturated carbocycles. The van der Waals surface area contributed by atoms with Crippen LogP contribution in [0.4, 0.5) is 0 Å². The lowest BCUT2D eigenvalue weighted by Crippen LogP contribution is -2.46. The highest BCUT2D eigenvalue weighted by Crippen LogP contribution is 2.19. The Kier molecular flexibility index (Phi) is 7.63. The Hall–Kier alpha value is -1.14. The van der Waals surface area contributed by atoms with Gasteiger partial charge in [-0.1, -0.05) is 27.7 Å². The minimum absolute atomic E-state index is 0.0603. The molecule has 1 amide bonds. The monoisotopic (exact) mass is 275 g/mol. The maximum Gasteiger partial charge on any atom is 0.307 e. The molecule has 0 aliphatic carbocycles. The third-order valence-corrected chi connectivity index (χ3v) is 2.60. The lowest BCUT2D eigenvalue weighted by Gasteiger charge is -2.27. The van der Waals surface area contributed by atoms with E-state index >= 15 is 0 Å². The molecule has 1 unspecified atom stereocenters. The number of hydrogen-bond acceptors (Lipinski definition) is 5. The van der Waals surface area contributed by atoms with Crippen molar-refractivity contribution in [2.24, 2.45) is 11.3 Å². The number of esters is 1. The van der Waals surface area contributed by atoms with Gasteiger partial charge < -0.3 is 20.3 Å². The molecule has 0 aromatic carbocycles. The van der Waals surface area contributed by atoms with Crippen LogP contribution in [0, 0.1) is 11.3 Å². The van der Waals surface area contributed by atoms with Gasteiger partial charge in [0.2, 0.25) is 5.91 Å². The molecule has 0 aliphatic rings. The lowest BCUT2D eigenvalue weighted by molar-refractivity contribution is -0.144. The third-order valence-electron chi connectivity index (χ3n) is 2.60. The first-order valence-corrected chi connectivity index (χ1v) is 6.43. The van der Waals surface area contributed by atoms with Crippen LogP contribution < -0.4 is 5.32 Å². The summed E-state index contributed by atoms with van der Waals surface area (Å²) in [6, 6.07) is 0. The molecule has 1 atom stereocenters. The molecule has 0 rings (SSSR count). The highest BCUT2D eigenvalue weighted by atomic mass is 16.5. The van der Waals surface area contributed by atoms with Crippen molar-refractivity contribution in [3.05, 3.63) is 0 Å². The van der Waals surface area contributed by atoms with Gasteiger partial charge >= 0.3 is 5.97 Å². The van der Waals surface area contributed by atoms with Crippen LogP contribution in [0.3, 0.4) is 0 Å². The Labute approximate surface area is 114 Å². The maximum absolute atomic E-state index is 11.6. The van der Waals surface area contributed by atoms with E-state index in [0.717, 1.165) is 0 Å². The Balaban J connectivity index is 3.95. The van der Waals surface area contributed by atoms with Crippen molar-refractivity contribution in [1.29, 1.82) is 0 Å². The number of amides is 1. The second kappa shape index (κ2) is 8.12. The number of ether oxygens (including phenoxy) is 1. The Morgan fingerprint density at radius 1 is 1.32 bits per heavy atom. The number of aliphatic hydroxyl groups is 2. The zero-order valence-corrected chi connectivity index (χ0v) is 12.1. The maximum atomic E-state index is 11.6. The van der Waals surface area contributed by atoms with E-state index in [0.29, 0.717) is 6.61 Å². The topological polar surface area (TPSA) is 95.9 Å². The summed E-state index contributed by atoms with van der Waals surface area (Å²) in [7, 11) is 0. The second-order valence-electron chi connectivity index (χ2n) is 5.67. The van der Waals surface area contributed by atoms with Crippen LogP contribution in [-0.4, -0.2) is 48.0 Å². The van der Waals surface area contributed by atoms with Gasteiger partial charge in [-0.2, -0.15) is 0 Å². The third kappa shape index (κ3) is 7.12. The molecular weight excluding hydrogens is 250 g/mol. The van der Waals surface area contributed by atoms with Crippen molar-refractivity contribution in [1.82, 2.24) is 5.32 Å². The molecule has 0 bridgehead atoms. The van der Waals surface area contributed by atoms with Crippen LogP contribution in [0.1, 0.15) is 34.1 Å². The zero-order chi connectivity index (χ0) is 15.1. The van der Waals surface area contributed by atoms with Gasteiger partial charge in [0.1, 0.15) is 6.10 Å². The minimum Gasteiger partial charge on any atom is -0.465 e. The van der Waals surface area contributed by atoms with Crippen molar-refractivity contribution < 1.29 is 24.5 Å². The van der Waals surface area contributed by atoms with Crippen LogP contribution in [0.25, 0.3) is 0 Å². The van der Waals surface area contributed by atoms with Gasteiger partial charge in [-0.25, -0.2) is 0 Å². The summed E-state index contributed by atoms with van der Waals surface area (Å²) in [6.07, 6.45) is -1.26. The molecule has 0 radical (unpaired) electrons. The van der Waals surface area contributed by atoms with Crippen LogP contribution in [0.15, 0.2) is 0 Å². The van der Waals surface area contributed by atoms with Gasteiger partial charge in [0, 0.05) is 12.0 Å². The fourth-order valence-corrected chi connectivity index (χ4v) is 1.16. The first-order chi connectivity index (χ1) is 8.70. The van der Waals surface area contributed by atoms with Crippen molar-refractivity contribution >= 4 is 11.9 Å². The SMILES string of the molecule is CC(C)COC(=O)CCNC(=O)C(O)C(C)(C)CO. The number of hydrogen-bond donors (Lipinski definition) is 3. The van der Waals surface area contributed by atoms with Gasteiger partial charge in [0.25, 0.3) is 0 Å². The summed E-state index contributed by atoms with van der Waals surface area (Å²) in [5.74, 6) is -0.716. The van der Waals surface area contributed by atoms with E-state index in [1.54, 1.807) is 13.8 Å². The molecule has 6 nitrogen and oxygen atoms in total. The van der Waals surface area contributed by atoms with Crippen LogP contribution in [-0.2, 0) is 14.3 Å². The summed E-state index contributed by atoms with van der Waals surface area (Å²) >= 11 is 0. The molecule has 0 heterocycles. The number of carbonyl (C=O) groups is 2. The predicted octanol–water partition coefficient (Wildman–Crippen LogP) is 0.0713.